The van der Waals surface area contributed by atoms with Gasteiger partial charge >= 0.3 is 0 Å². The van der Waals surface area contributed by atoms with Crippen LogP contribution in [0.15, 0.2) is 0 Å². The van der Waals surface area contributed by atoms with Crippen molar-refractivity contribution in [3.05, 3.63) is 0 Å². The molecular weight excluding hydrogens is 490 g/mol. The van der Waals surface area contributed by atoms with Crippen LogP contribution >= 0.6 is 0 Å². The van der Waals surface area contributed by atoms with Crippen molar-refractivity contribution in [3.8, 4) is 0 Å². The Bertz CT molecular complexity index is 773. The van der Waals surface area contributed by atoms with Gasteiger partial charge in [-0.25, -0.2) is 0 Å². The van der Waals surface area contributed by atoms with Crippen molar-refractivity contribution < 1.29 is 5.11 Å². The minimum atomic E-state index is -0.102. The number of hydrogen-bond donors (Lipinski definition) is 4. The van der Waals surface area contributed by atoms with Gasteiger partial charge in [-0.15, -0.1) is 0 Å². The van der Waals surface area contributed by atoms with E-state index in [1.54, 1.807) is 0 Å². The Morgan fingerprint density at radius 2 is 1.65 bits per heavy atom. The third-order valence-electron chi connectivity index (χ3n) is 13.8. The predicted molar refractivity (Wildman–Crippen MR) is 171 cm³/mol. The van der Waals surface area contributed by atoms with Gasteiger partial charge in [0.1, 0.15) is 0 Å². The van der Waals surface area contributed by atoms with E-state index in [1.807, 2.05) is 0 Å². The second-order valence-corrected chi connectivity index (χ2v) is 16.4. The molecule has 0 aliphatic heterocycles. The third-order valence-corrected chi connectivity index (χ3v) is 13.8. The summed E-state index contributed by atoms with van der Waals surface area (Å²) in [6.45, 7) is 21.7. The molecule has 4 aliphatic carbocycles. The molecule has 4 fully saturated rings. The molecule has 5 N–H and O–H groups in total. The Morgan fingerprint density at radius 3 is 2.38 bits per heavy atom. The van der Waals surface area contributed by atoms with E-state index in [9.17, 15) is 5.11 Å². The van der Waals surface area contributed by atoms with Crippen LogP contribution in [-0.4, -0.2) is 43.4 Å². The van der Waals surface area contributed by atoms with Crippen LogP contribution in [0.4, 0.5) is 0 Å². The largest absolute Gasteiger partial charge is 0.393 e. The molecule has 0 saturated heterocycles. The number of unbranched alkanes of at least 4 members (excludes halogenated alkanes) is 1. The molecule has 0 bridgehead atoms. The second kappa shape index (κ2) is 14.1. The van der Waals surface area contributed by atoms with E-state index < -0.39 is 0 Å². The van der Waals surface area contributed by atoms with Gasteiger partial charge < -0.3 is 21.5 Å². The van der Waals surface area contributed by atoms with Crippen LogP contribution in [0, 0.1) is 64.1 Å². The molecule has 4 rings (SSSR count). The summed E-state index contributed by atoms with van der Waals surface area (Å²) in [4.78, 5) is 0. The zero-order chi connectivity index (χ0) is 29.1. The lowest BCUT2D eigenvalue weighted by Gasteiger charge is -2.66. The topological polar surface area (TPSA) is 70.3 Å². The maximum atomic E-state index is 11.9. The highest BCUT2D eigenvalue weighted by Gasteiger charge is 2.64. The summed E-state index contributed by atoms with van der Waals surface area (Å²) in [5.41, 5.74) is 6.22. The molecule has 12 atom stereocenters. The van der Waals surface area contributed by atoms with Crippen molar-refractivity contribution in [1.29, 1.82) is 0 Å². The van der Waals surface area contributed by atoms with E-state index in [4.69, 9.17) is 5.73 Å². The van der Waals surface area contributed by atoms with Crippen LogP contribution in [0.1, 0.15) is 126 Å². The lowest BCUT2D eigenvalue weighted by Crippen LogP contribution is -2.63. The molecule has 0 heterocycles. The van der Waals surface area contributed by atoms with E-state index in [0.29, 0.717) is 23.3 Å². The van der Waals surface area contributed by atoms with Gasteiger partial charge in [-0.1, -0.05) is 61.3 Å². The molecule has 0 aromatic rings. The normalized spacial score (nSPS) is 42.8. The first kappa shape index (κ1) is 32.7. The number of nitrogens with one attached hydrogen (secondary N) is 2. The maximum Gasteiger partial charge on any atom is 0.0579 e. The summed E-state index contributed by atoms with van der Waals surface area (Å²) >= 11 is 0. The van der Waals surface area contributed by atoms with Gasteiger partial charge in [0.15, 0.2) is 0 Å². The van der Waals surface area contributed by atoms with E-state index in [1.165, 1.54) is 64.2 Å². The fourth-order valence-electron chi connectivity index (χ4n) is 10.8. The Labute approximate surface area is 249 Å². The summed E-state index contributed by atoms with van der Waals surface area (Å²) in [5, 5.41) is 19.4. The van der Waals surface area contributed by atoms with E-state index >= 15 is 0 Å². The van der Waals surface area contributed by atoms with Crippen molar-refractivity contribution in [2.75, 3.05) is 26.2 Å². The molecule has 0 radical (unpaired) electrons. The molecule has 40 heavy (non-hydrogen) atoms. The lowest BCUT2D eigenvalue weighted by molar-refractivity contribution is -0.198. The van der Waals surface area contributed by atoms with E-state index in [2.05, 4.69) is 59.1 Å². The molecule has 4 nitrogen and oxygen atoms in total. The molecule has 0 aromatic carbocycles. The first-order valence-corrected chi connectivity index (χ1v) is 17.8. The summed E-state index contributed by atoms with van der Waals surface area (Å²) in [5.74, 6) is 6.99. The highest BCUT2D eigenvalue weighted by atomic mass is 16.3. The van der Waals surface area contributed by atoms with Gasteiger partial charge in [-0.3, -0.25) is 0 Å². The van der Waals surface area contributed by atoms with Gasteiger partial charge in [0, 0.05) is 6.04 Å². The molecule has 0 spiro atoms. The van der Waals surface area contributed by atoms with Crippen LogP contribution in [0.5, 0.6) is 0 Å². The average Bonchev–Trinajstić information content (AvgIpc) is 3.35. The number of hydrogen-bond acceptors (Lipinski definition) is 4. The van der Waals surface area contributed by atoms with Crippen LogP contribution in [0.2, 0.25) is 0 Å². The number of rotatable bonds is 14. The minimum Gasteiger partial charge on any atom is -0.393 e. The highest BCUT2D eigenvalue weighted by Crippen LogP contribution is 2.69. The molecule has 4 heteroatoms. The number of fused-ring (bicyclic) bond motifs is 5. The molecule has 4 aliphatic rings. The predicted octanol–water partition coefficient (Wildman–Crippen LogP) is 7.25. The Morgan fingerprint density at radius 1 is 0.900 bits per heavy atom. The lowest BCUT2D eigenvalue weighted by atomic mass is 9.40. The number of nitrogens with two attached hydrogens (primary N) is 1. The Balaban J connectivity index is 1.35. The number of aliphatic hydroxyl groups is 1. The minimum absolute atomic E-state index is 0.102. The molecule has 234 valence electrons. The fourth-order valence-corrected chi connectivity index (χ4v) is 10.8. The zero-order valence-electron chi connectivity index (χ0n) is 27.7. The van der Waals surface area contributed by atoms with Crippen molar-refractivity contribution in [1.82, 2.24) is 10.6 Å². The zero-order valence-corrected chi connectivity index (χ0v) is 27.7. The van der Waals surface area contributed by atoms with Gasteiger partial charge in [0.25, 0.3) is 0 Å². The third kappa shape index (κ3) is 6.81. The highest BCUT2D eigenvalue weighted by molar-refractivity contribution is 5.14. The summed E-state index contributed by atoms with van der Waals surface area (Å²) in [7, 11) is 0. The SMILES string of the molecule is CC(C)C(C)CC[C@H](C)C1CCC2C1[C@H](C)CC1C2[C@H](O)C[C@@]2(C)C[C@@H](NCCCNCCCCN)CC[C@]12C. The Hall–Kier alpha value is -0.160. The van der Waals surface area contributed by atoms with E-state index in [-0.39, 0.29) is 11.5 Å². The van der Waals surface area contributed by atoms with Crippen LogP contribution in [0.3, 0.4) is 0 Å². The molecule has 0 amide bonds. The fraction of sp³-hybridized carbons (Fsp3) is 1.00. The van der Waals surface area contributed by atoms with E-state index in [0.717, 1.165) is 80.4 Å². The van der Waals surface area contributed by atoms with Crippen LogP contribution < -0.4 is 16.4 Å². The van der Waals surface area contributed by atoms with Gasteiger partial charge in [-0.2, -0.15) is 0 Å². The van der Waals surface area contributed by atoms with Crippen LogP contribution in [-0.2, 0) is 0 Å². The van der Waals surface area contributed by atoms with Crippen LogP contribution in [0.25, 0.3) is 0 Å². The molecule has 0 aromatic heterocycles. The maximum absolute atomic E-state index is 11.9. The summed E-state index contributed by atoms with van der Waals surface area (Å²) in [6, 6.07) is 0.609. The van der Waals surface area contributed by atoms with Gasteiger partial charge in [-0.05, 0) is 154 Å². The summed E-state index contributed by atoms with van der Waals surface area (Å²) in [6.07, 6.45) is 15.2. The molecule has 6 unspecified atom stereocenters. The first-order valence-electron chi connectivity index (χ1n) is 17.8. The Kier molecular flexibility index (Phi) is 11.5. The second-order valence-electron chi connectivity index (χ2n) is 16.4. The average molecular weight is 560 g/mol. The molecule has 4 saturated carbocycles. The smallest absolute Gasteiger partial charge is 0.0579 e. The monoisotopic (exact) mass is 560 g/mol. The van der Waals surface area contributed by atoms with Crippen molar-refractivity contribution >= 4 is 0 Å². The molecular formula is C36H69N3O. The number of aliphatic hydroxyl groups excluding tert-OH is 1. The van der Waals surface area contributed by atoms with Gasteiger partial charge in [0.2, 0.25) is 0 Å². The summed E-state index contributed by atoms with van der Waals surface area (Å²) < 4.78 is 0. The van der Waals surface area contributed by atoms with Crippen molar-refractivity contribution in [2.45, 2.75) is 138 Å². The standard InChI is InChI=1S/C36H69N3O/c1-24(2)25(3)11-12-26(4)29-13-14-30-33(29)27(5)21-31-34(30)32(40)23-35(6)22-28(15-16-36(31,35)7)39-20-10-19-38-18-9-8-17-37/h24-34,38-40H,8-23,37H2,1-7H3/t25?,26-,27+,28-,29?,30?,31?,32+,33?,34?,35+,36+/m0/s1. The quantitative estimate of drug-likeness (QED) is 0.169. The van der Waals surface area contributed by atoms with Gasteiger partial charge in [0.05, 0.1) is 6.10 Å². The van der Waals surface area contributed by atoms with Crippen molar-refractivity contribution in [2.24, 2.45) is 69.8 Å². The first-order chi connectivity index (χ1) is 19.0. The van der Waals surface area contributed by atoms with Crippen molar-refractivity contribution in [3.63, 3.8) is 0 Å².